The van der Waals surface area contributed by atoms with E-state index < -0.39 is 10.0 Å². The van der Waals surface area contributed by atoms with Crippen LogP contribution in [0.1, 0.15) is 30.1 Å². The molecule has 7 heteroatoms. The van der Waals surface area contributed by atoms with Crippen molar-refractivity contribution in [2.24, 2.45) is 0 Å². The van der Waals surface area contributed by atoms with Gasteiger partial charge in [-0.3, -0.25) is 4.98 Å². The molecule has 4 rings (SSSR count). The maximum atomic E-state index is 12.9. The number of rotatable bonds is 2. The van der Waals surface area contributed by atoms with Gasteiger partial charge in [0.1, 0.15) is 11.2 Å². The molecule has 2 aliphatic rings. The largest absolute Gasteiger partial charge is 0.263 e. The Morgan fingerprint density at radius 3 is 2.90 bits per heavy atom. The van der Waals surface area contributed by atoms with Crippen molar-refractivity contribution in [1.29, 1.82) is 0 Å². The van der Waals surface area contributed by atoms with Crippen LogP contribution in [0.25, 0.3) is 0 Å². The number of aromatic nitrogens is 3. The average molecular weight is 302 g/mol. The molecule has 21 heavy (non-hydrogen) atoms. The minimum absolute atomic E-state index is 0.0115. The molecule has 2 aliphatic heterocycles. The molecule has 0 aromatic carbocycles. The summed E-state index contributed by atoms with van der Waals surface area (Å²) >= 11 is 0. The molecule has 4 heterocycles. The van der Waals surface area contributed by atoms with E-state index in [0.29, 0.717) is 6.42 Å². The zero-order chi connectivity index (χ0) is 14.4. The molecular weight excluding hydrogens is 288 g/mol. The monoisotopic (exact) mass is 302 g/mol. The molecule has 0 amide bonds. The highest BCUT2D eigenvalue weighted by atomic mass is 32.2. The van der Waals surface area contributed by atoms with E-state index in [1.54, 1.807) is 28.8 Å². The maximum Gasteiger partial charge on any atom is 0.245 e. The van der Waals surface area contributed by atoms with Crippen LogP contribution >= 0.6 is 0 Å². The third-order valence-corrected chi connectivity index (χ3v) is 6.21. The molecule has 108 valence electrons. The molecule has 1 fully saturated rings. The molecule has 2 aromatic rings. The summed E-state index contributed by atoms with van der Waals surface area (Å²) in [5.74, 6) is 0. The van der Waals surface area contributed by atoms with E-state index in [2.05, 4.69) is 15.0 Å². The van der Waals surface area contributed by atoms with Gasteiger partial charge >= 0.3 is 0 Å². The van der Waals surface area contributed by atoms with Crippen LogP contribution < -0.4 is 0 Å². The first kappa shape index (κ1) is 12.8. The van der Waals surface area contributed by atoms with Crippen LogP contribution in [0.4, 0.5) is 0 Å². The molecule has 0 aliphatic carbocycles. The minimum Gasteiger partial charge on any atom is -0.263 e. The van der Waals surface area contributed by atoms with Crippen LogP contribution in [-0.2, 0) is 16.4 Å². The van der Waals surface area contributed by atoms with Gasteiger partial charge in [-0.15, -0.1) is 0 Å². The zero-order valence-corrected chi connectivity index (χ0v) is 12.1. The van der Waals surface area contributed by atoms with E-state index in [-0.39, 0.29) is 17.0 Å². The SMILES string of the molecule is O=S(=O)(c1cccnc1)N1C2CCC1c1cncnc1C2. The molecule has 0 saturated carbocycles. The summed E-state index contributed by atoms with van der Waals surface area (Å²) in [6.45, 7) is 0. The molecule has 0 spiro atoms. The van der Waals surface area contributed by atoms with Crippen molar-refractivity contribution in [2.45, 2.75) is 36.2 Å². The summed E-state index contributed by atoms with van der Waals surface area (Å²) in [5, 5.41) is 0. The Balaban J connectivity index is 1.81. The zero-order valence-electron chi connectivity index (χ0n) is 11.3. The molecule has 1 saturated heterocycles. The first-order chi connectivity index (χ1) is 10.2. The van der Waals surface area contributed by atoms with E-state index in [1.165, 1.54) is 12.5 Å². The fourth-order valence-corrected chi connectivity index (χ4v) is 5.18. The van der Waals surface area contributed by atoms with Gasteiger partial charge in [0.05, 0.1) is 11.7 Å². The van der Waals surface area contributed by atoms with E-state index >= 15 is 0 Å². The van der Waals surface area contributed by atoms with E-state index in [0.717, 1.165) is 24.1 Å². The first-order valence-electron chi connectivity index (χ1n) is 6.90. The lowest BCUT2D eigenvalue weighted by Gasteiger charge is -2.34. The van der Waals surface area contributed by atoms with Crippen LogP contribution in [0.15, 0.2) is 41.9 Å². The molecule has 0 N–H and O–H groups in total. The molecule has 2 bridgehead atoms. The smallest absolute Gasteiger partial charge is 0.245 e. The summed E-state index contributed by atoms with van der Waals surface area (Å²) in [5.41, 5.74) is 1.92. The summed E-state index contributed by atoms with van der Waals surface area (Å²) < 4.78 is 27.4. The third-order valence-electron chi connectivity index (χ3n) is 4.27. The second-order valence-corrected chi connectivity index (χ2v) is 7.24. The van der Waals surface area contributed by atoms with Gasteiger partial charge in [-0.1, -0.05) is 0 Å². The van der Waals surface area contributed by atoms with Crippen LogP contribution in [0.5, 0.6) is 0 Å². The molecule has 2 atom stereocenters. The van der Waals surface area contributed by atoms with Gasteiger partial charge < -0.3 is 0 Å². The number of hydrogen-bond acceptors (Lipinski definition) is 5. The molecule has 0 radical (unpaired) electrons. The first-order valence-corrected chi connectivity index (χ1v) is 8.34. The fourth-order valence-electron chi connectivity index (χ4n) is 3.37. The summed E-state index contributed by atoms with van der Waals surface area (Å²) in [6.07, 6.45) is 8.61. The maximum absolute atomic E-state index is 12.9. The number of hydrogen-bond donors (Lipinski definition) is 0. The normalized spacial score (nSPS) is 24.8. The topological polar surface area (TPSA) is 76.1 Å². The van der Waals surface area contributed by atoms with Crippen molar-refractivity contribution in [3.8, 4) is 0 Å². The second-order valence-electron chi connectivity index (χ2n) is 5.40. The highest BCUT2D eigenvalue weighted by Gasteiger charge is 2.47. The Morgan fingerprint density at radius 1 is 1.19 bits per heavy atom. The van der Waals surface area contributed by atoms with Gasteiger partial charge in [0.25, 0.3) is 0 Å². The summed E-state index contributed by atoms with van der Waals surface area (Å²) in [4.78, 5) is 12.5. The molecule has 6 nitrogen and oxygen atoms in total. The second kappa shape index (κ2) is 4.57. The van der Waals surface area contributed by atoms with Gasteiger partial charge in [0.15, 0.2) is 0 Å². The lowest BCUT2D eigenvalue weighted by molar-refractivity contribution is 0.300. The van der Waals surface area contributed by atoms with Gasteiger partial charge in [0.2, 0.25) is 10.0 Å². The van der Waals surface area contributed by atoms with E-state index in [4.69, 9.17) is 0 Å². The quantitative estimate of drug-likeness (QED) is 0.836. The fraction of sp³-hybridized carbons (Fsp3) is 0.357. The van der Waals surface area contributed by atoms with Gasteiger partial charge in [-0.2, -0.15) is 4.31 Å². The number of nitrogens with zero attached hydrogens (tertiary/aromatic N) is 4. The van der Waals surface area contributed by atoms with Gasteiger partial charge in [-0.05, 0) is 25.0 Å². The Bertz CT molecular complexity index is 779. The van der Waals surface area contributed by atoms with Gasteiger partial charge in [0, 0.05) is 36.6 Å². The predicted molar refractivity (Wildman–Crippen MR) is 74.8 cm³/mol. The number of pyridine rings is 1. The van der Waals surface area contributed by atoms with Crippen molar-refractivity contribution in [2.75, 3.05) is 0 Å². The van der Waals surface area contributed by atoms with Crippen LogP contribution in [0.2, 0.25) is 0 Å². The van der Waals surface area contributed by atoms with Crippen LogP contribution in [-0.4, -0.2) is 33.7 Å². The third kappa shape index (κ3) is 1.88. The van der Waals surface area contributed by atoms with E-state index in [1.807, 2.05) is 0 Å². The Kier molecular flexibility index (Phi) is 2.80. The average Bonchev–Trinajstić information content (AvgIpc) is 2.85. The van der Waals surface area contributed by atoms with Crippen LogP contribution in [0.3, 0.4) is 0 Å². The standard InChI is InChI=1S/C14H14N4O2S/c19-21(20,11-2-1-5-15-7-11)18-10-3-4-14(18)12-8-16-9-17-13(12)6-10/h1-2,5,7-10,14H,3-4,6H2. The van der Waals surface area contributed by atoms with E-state index in [9.17, 15) is 8.42 Å². The van der Waals surface area contributed by atoms with Crippen molar-refractivity contribution in [1.82, 2.24) is 19.3 Å². The van der Waals surface area contributed by atoms with Crippen molar-refractivity contribution in [3.05, 3.63) is 48.3 Å². The molecular formula is C14H14N4O2S. The van der Waals surface area contributed by atoms with Crippen molar-refractivity contribution < 1.29 is 8.42 Å². The summed E-state index contributed by atoms with van der Waals surface area (Å²) in [6, 6.07) is 3.09. The lowest BCUT2D eigenvalue weighted by Crippen LogP contribution is -2.42. The molecule has 2 unspecified atom stereocenters. The Morgan fingerprint density at radius 2 is 2.10 bits per heavy atom. The minimum atomic E-state index is -3.53. The summed E-state index contributed by atoms with van der Waals surface area (Å²) in [7, 11) is -3.53. The number of fused-ring (bicyclic) bond motifs is 4. The molecule has 2 aromatic heterocycles. The van der Waals surface area contributed by atoms with Crippen molar-refractivity contribution in [3.63, 3.8) is 0 Å². The van der Waals surface area contributed by atoms with Gasteiger partial charge in [-0.25, -0.2) is 18.4 Å². The highest BCUT2D eigenvalue weighted by molar-refractivity contribution is 7.89. The lowest BCUT2D eigenvalue weighted by atomic mass is 10.0. The Hall–Kier alpha value is -1.86. The number of sulfonamides is 1. The Labute approximate surface area is 122 Å². The van der Waals surface area contributed by atoms with Crippen LogP contribution in [0, 0.1) is 0 Å². The highest BCUT2D eigenvalue weighted by Crippen LogP contribution is 2.45. The predicted octanol–water partition coefficient (Wildman–Crippen LogP) is 1.32. The van der Waals surface area contributed by atoms with Crippen molar-refractivity contribution >= 4 is 10.0 Å².